The first-order chi connectivity index (χ1) is 29.5. The average molecular weight is 842 g/mol. The van der Waals surface area contributed by atoms with Crippen LogP contribution in [0.25, 0.3) is 0 Å². The zero-order valence-corrected chi connectivity index (χ0v) is 39.8. The van der Waals surface area contributed by atoms with Gasteiger partial charge in [0.05, 0.1) is 25.2 Å². The third-order valence-corrected chi connectivity index (χ3v) is 11.7. The van der Waals surface area contributed by atoms with Gasteiger partial charge in [-0.15, -0.1) is 0 Å². The van der Waals surface area contributed by atoms with E-state index in [1.165, 1.54) is 141 Å². The summed E-state index contributed by atoms with van der Waals surface area (Å²) in [5, 5.41) is 23.7. The number of carbonyl (C=O) groups excluding carboxylic acids is 2. The highest BCUT2D eigenvalue weighted by molar-refractivity contribution is 5.77. The van der Waals surface area contributed by atoms with E-state index in [-0.39, 0.29) is 24.9 Å². The van der Waals surface area contributed by atoms with Crippen LogP contribution in [0.1, 0.15) is 258 Å². The van der Waals surface area contributed by atoms with Crippen LogP contribution in [0.3, 0.4) is 0 Å². The predicted molar refractivity (Wildman–Crippen MR) is 259 cm³/mol. The Morgan fingerprint density at radius 3 is 1.28 bits per heavy atom. The maximum atomic E-state index is 13.2. The Morgan fingerprint density at radius 1 is 0.483 bits per heavy atom. The molecule has 0 aromatic carbocycles. The van der Waals surface area contributed by atoms with E-state index in [1.54, 1.807) is 0 Å². The maximum Gasteiger partial charge on any atom is 0.306 e. The molecular weight excluding hydrogens is 743 g/mol. The standard InChI is InChI=1S/C54H99NO5/c1-4-7-10-13-16-19-22-25-26-27-28-29-32-35-38-41-44-47-54(59)60-50(45-42-39-36-33-30-23-20-17-14-11-8-5-2)48-53(58)55-51(49-56)52(57)46-43-40-37-34-31-24-21-18-15-12-9-6-3/h16,19,25-26,28-29,35,38,50-52,56-57H,4-15,17-18,20-24,27,30-34,36-37,39-49H2,1-3H3,(H,55,58)/b19-16-,26-25-,29-28-,38-35-. The van der Waals surface area contributed by atoms with E-state index in [1.807, 2.05) is 0 Å². The Morgan fingerprint density at radius 2 is 0.850 bits per heavy atom. The van der Waals surface area contributed by atoms with E-state index in [0.29, 0.717) is 25.7 Å². The van der Waals surface area contributed by atoms with E-state index in [9.17, 15) is 19.8 Å². The molecule has 3 atom stereocenters. The number of aliphatic hydroxyl groups excluding tert-OH is 2. The van der Waals surface area contributed by atoms with E-state index in [2.05, 4.69) is 74.7 Å². The number of ether oxygens (including phenoxy) is 1. The summed E-state index contributed by atoms with van der Waals surface area (Å²) in [4.78, 5) is 26.1. The van der Waals surface area contributed by atoms with Gasteiger partial charge in [-0.3, -0.25) is 9.59 Å². The first kappa shape index (κ1) is 57.8. The van der Waals surface area contributed by atoms with Gasteiger partial charge in [0.2, 0.25) is 5.91 Å². The van der Waals surface area contributed by atoms with Gasteiger partial charge in [-0.2, -0.15) is 0 Å². The molecule has 0 saturated carbocycles. The molecule has 0 heterocycles. The van der Waals surface area contributed by atoms with Crippen molar-refractivity contribution in [2.24, 2.45) is 0 Å². The summed E-state index contributed by atoms with van der Waals surface area (Å²) in [6, 6.07) is -0.710. The lowest BCUT2D eigenvalue weighted by Crippen LogP contribution is -2.46. The minimum atomic E-state index is -0.794. The number of nitrogens with one attached hydrogen (secondary N) is 1. The third kappa shape index (κ3) is 42.5. The molecule has 0 spiro atoms. The van der Waals surface area contributed by atoms with Crippen LogP contribution in [0.4, 0.5) is 0 Å². The summed E-state index contributed by atoms with van der Waals surface area (Å²) in [7, 11) is 0. The molecule has 0 saturated heterocycles. The number of aliphatic hydroxyl groups is 2. The fourth-order valence-corrected chi connectivity index (χ4v) is 7.72. The highest BCUT2D eigenvalue weighted by Gasteiger charge is 2.24. The Labute approximate surface area is 372 Å². The molecule has 6 nitrogen and oxygen atoms in total. The second kappa shape index (κ2) is 47.9. The van der Waals surface area contributed by atoms with Crippen LogP contribution in [-0.4, -0.2) is 46.9 Å². The van der Waals surface area contributed by atoms with Crippen molar-refractivity contribution in [2.75, 3.05) is 6.61 Å². The average Bonchev–Trinajstić information content (AvgIpc) is 3.24. The SMILES string of the molecule is CCCCC/C=C\C/C=C\C/C=C\C/C=C\CCCC(=O)OC(CCCCCCCCCCCCCC)CC(=O)NC(CO)C(O)CCCCCCCCCCCCCC. The van der Waals surface area contributed by atoms with Gasteiger partial charge in [0.1, 0.15) is 6.10 Å². The molecule has 6 heteroatoms. The Bertz CT molecular complexity index is 1040. The molecule has 0 radical (unpaired) electrons. The monoisotopic (exact) mass is 842 g/mol. The minimum absolute atomic E-state index is 0.0583. The molecular formula is C54H99NO5. The largest absolute Gasteiger partial charge is 0.462 e. The predicted octanol–water partition coefficient (Wildman–Crippen LogP) is 15.5. The van der Waals surface area contributed by atoms with Crippen molar-refractivity contribution in [1.29, 1.82) is 0 Å². The number of allylic oxidation sites excluding steroid dienone is 8. The van der Waals surface area contributed by atoms with Crippen LogP contribution in [0.15, 0.2) is 48.6 Å². The third-order valence-electron chi connectivity index (χ3n) is 11.7. The first-order valence-corrected chi connectivity index (χ1v) is 25.9. The molecule has 0 aliphatic rings. The Balaban J connectivity index is 4.63. The molecule has 350 valence electrons. The molecule has 0 rings (SSSR count). The molecule has 3 N–H and O–H groups in total. The van der Waals surface area contributed by atoms with Crippen molar-refractivity contribution in [3.05, 3.63) is 48.6 Å². The van der Waals surface area contributed by atoms with Gasteiger partial charge in [0.25, 0.3) is 0 Å². The molecule has 0 aliphatic heterocycles. The van der Waals surface area contributed by atoms with E-state index in [0.717, 1.165) is 64.2 Å². The molecule has 0 fully saturated rings. The highest BCUT2D eigenvalue weighted by atomic mass is 16.5. The van der Waals surface area contributed by atoms with E-state index >= 15 is 0 Å². The minimum Gasteiger partial charge on any atom is -0.462 e. The smallest absolute Gasteiger partial charge is 0.306 e. The van der Waals surface area contributed by atoms with Crippen LogP contribution in [-0.2, 0) is 14.3 Å². The number of carbonyl (C=O) groups is 2. The van der Waals surface area contributed by atoms with Gasteiger partial charge in [-0.25, -0.2) is 0 Å². The molecule has 0 bridgehead atoms. The van der Waals surface area contributed by atoms with Crippen molar-refractivity contribution in [3.8, 4) is 0 Å². The summed E-state index contributed by atoms with van der Waals surface area (Å²) < 4.78 is 5.90. The van der Waals surface area contributed by atoms with Gasteiger partial charge in [-0.1, -0.05) is 230 Å². The number of rotatable bonds is 46. The number of hydrogen-bond donors (Lipinski definition) is 3. The van der Waals surface area contributed by atoms with Crippen molar-refractivity contribution >= 4 is 11.9 Å². The quantitative estimate of drug-likeness (QED) is 0.0322. The van der Waals surface area contributed by atoms with Gasteiger partial charge >= 0.3 is 5.97 Å². The fourth-order valence-electron chi connectivity index (χ4n) is 7.72. The molecule has 0 aromatic rings. The highest BCUT2D eigenvalue weighted by Crippen LogP contribution is 2.18. The molecule has 60 heavy (non-hydrogen) atoms. The summed E-state index contributed by atoms with van der Waals surface area (Å²) in [5.74, 6) is -0.533. The molecule has 3 unspecified atom stereocenters. The van der Waals surface area contributed by atoms with Crippen LogP contribution >= 0.6 is 0 Å². The molecule has 0 aromatic heterocycles. The lowest BCUT2D eigenvalue weighted by atomic mass is 10.0. The van der Waals surface area contributed by atoms with E-state index < -0.39 is 18.2 Å². The van der Waals surface area contributed by atoms with Crippen molar-refractivity contribution in [2.45, 2.75) is 277 Å². The molecule has 0 aliphatic carbocycles. The molecule has 1 amide bonds. The van der Waals surface area contributed by atoms with Crippen LogP contribution in [0, 0.1) is 0 Å². The Kier molecular flexibility index (Phi) is 46.1. The lowest BCUT2D eigenvalue weighted by molar-refractivity contribution is -0.151. The summed E-state index contributed by atoms with van der Waals surface area (Å²) >= 11 is 0. The topological polar surface area (TPSA) is 95.9 Å². The Hall–Kier alpha value is -2.18. The van der Waals surface area contributed by atoms with Gasteiger partial charge in [-0.05, 0) is 64.2 Å². The normalized spacial score (nSPS) is 13.6. The summed E-state index contributed by atoms with van der Waals surface area (Å²) in [6.07, 6.45) is 57.4. The summed E-state index contributed by atoms with van der Waals surface area (Å²) in [6.45, 7) is 6.44. The lowest BCUT2D eigenvalue weighted by Gasteiger charge is -2.24. The second-order valence-electron chi connectivity index (χ2n) is 17.6. The summed E-state index contributed by atoms with van der Waals surface area (Å²) in [5.41, 5.74) is 0. The number of esters is 1. The number of unbranched alkanes of at least 4 members (excludes halogenated alkanes) is 26. The number of hydrogen-bond acceptors (Lipinski definition) is 5. The second-order valence-corrected chi connectivity index (χ2v) is 17.6. The van der Waals surface area contributed by atoms with Crippen molar-refractivity contribution < 1.29 is 24.5 Å². The first-order valence-electron chi connectivity index (χ1n) is 25.9. The van der Waals surface area contributed by atoms with Gasteiger partial charge in [0.15, 0.2) is 0 Å². The van der Waals surface area contributed by atoms with Crippen LogP contribution in [0.2, 0.25) is 0 Å². The van der Waals surface area contributed by atoms with Crippen molar-refractivity contribution in [3.63, 3.8) is 0 Å². The number of amides is 1. The maximum absolute atomic E-state index is 13.2. The van der Waals surface area contributed by atoms with Gasteiger partial charge in [0, 0.05) is 6.42 Å². The van der Waals surface area contributed by atoms with Crippen LogP contribution in [0.5, 0.6) is 0 Å². The van der Waals surface area contributed by atoms with Crippen molar-refractivity contribution in [1.82, 2.24) is 5.32 Å². The fraction of sp³-hybridized carbons (Fsp3) is 0.815. The van der Waals surface area contributed by atoms with Crippen LogP contribution < -0.4 is 5.32 Å². The zero-order valence-electron chi connectivity index (χ0n) is 39.8. The van der Waals surface area contributed by atoms with E-state index in [4.69, 9.17) is 4.74 Å². The zero-order chi connectivity index (χ0) is 43.8. The van der Waals surface area contributed by atoms with Gasteiger partial charge < -0.3 is 20.3 Å².